The second kappa shape index (κ2) is 8.56. The maximum atomic E-state index is 11.0. The maximum Gasteiger partial charge on any atom is 0.335 e. The molecule has 1 unspecified atom stereocenters. The van der Waals surface area contributed by atoms with Crippen molar-refractivity contribution in [2.75, 3.05) is 0 Å². The van der Waals surface area contributed by atoms with Gasteiger partial charge in [-0.1, -0.05) is 44.7 Å². The molecule has 0 saturated heterocycles. The van der Waals surface area contributed by atoms with E-state index in [1.165, 1.54) is 32.1 Å². The van der Waals surface area contributed by atoms with Crippen LogP contribution in [0.25, 0.3) is 10.8 Å². The van der Waals surface area contributed by atoms with Crippen molar-refractivity contribution in [2.24, 2.45) is 0 Å². The molecule has 0 aliphatic carbocycles. The molecule has 3 nitrogen and oxygen atoms in total. The normalized spacial score (nSPS) is 12.3. The Bertz CT molecular complexity index is 648. The first-order valence-corrected chi connectivity index (χ1v) is 8.54. The van der Waals surface area contributed by atoms with Crippen LogP contribution in [0.4, 0.5) is 0 Å². The first-order chi connectivity index (χ1) is 11.1. The minimum absolute atomic E-state index is 0.201. The highest BCUT2D eigenvalue weighted by Crippen LogP contribution is 2.23. The van der Waals surface area contributed by atoms with Crippen molar-refractivity contribution in [3.05, 3.63) is 42.0 Å². The predicted molar refractivity (Wildman–Crippen MR) is 94.4 cm³/mol. The Morgan fingerprint density at radius 3 is 2.48 bits per heavy atom. The lowest BCUT2D eigenvalue weighted by atomic mass is 10.1. The fourth-order valence-corrected chi connectivity index (χ4v) is 2.76. The maximum absolute atomic E-state index is 11.0. The molecule has 2 aromatic rings. The van der Waals surface area contributed by atoms with Crippen LogP contribution in [-0.4, -0.2) is 17.2 Å². The van der Waals surface area contributed by atoms with Crippen molar-refractivity contribution in [3.8, 4) is 5.75 Å². The Morgan fingerprint density at radius 2 is 1.74 bits per heavy atom. The first-order valence-electron chi connectivity index (χ1n) is 8.54. The number of ether oxygens (including phenoxy) is 1. The molecule has 2 rings (SSSR count). The number of hydrogen-bond donors (Lipinski definition) is 1. The highest BCUT2D eigenvalue weighted by molar-refractivity contribution is 5.94. The smallest absolute Gasteiger partial charge is 0.335 e. The highest BCUT2D eigenvalue weighted by Gasteiger charge is 2.07. The summed E-state index contributed by atoms with van der Waals surface area (Å²) in [5.41, 5.74) is 0.312. The summed E-state index contributed by atoms with van der Waals surface area (Å²) < 4.78 is 5.99. The minimum Gasteiger partial charge on any atom is -0.491 e. The number of carboxylic acid groups (broad SMARTS) is 1. The van der Waals surface area contributed by atoms with Crippen LogP contribution in [0.15, 0.2) is 36.4 Å². The predicted octanol–water partition coefficient (Wildman–Crippen LogP) is 5.67. The zero-order valence-electron chi connectivity index (χ0n) is 14.0. The van der Waals surface area contributed by atoms with Gasteiger partial charge in [-0.05, 0) is 54.8 Å². The molecule has 0 fully saturated rings. The summed E-state index contributed by atoms with van der Waals surface area (Å²) in [6.45, 7) is 4.34. The van der Waals surface area contributed by atoms with Gasteiger partial charge < -0.3 is 9.84 Å². The van der Waals surface area contributed by atoms with Gasteiger partial charge in [0.05, 0.1) is 11.7 Å². The average molecular weight is 314 g/mol. The van der Waals surface area contributed by atoms with Gasteiger partial charge in [-0.25, -0.2) is 4.79 Å². The average Bonchev–Trinajstić information content (AvgIpc) is 2.54. The summed E-state index contributed by atoms with van der Waals surface area (Å²) in [7, 11) is 0. The van der Waals surface area contributed by atoms with E-state index in [-0.39, 0.29) is 6.10 Å². The highest BCUT2D eigenvalue weighted by atomic mass is 16.5. The molecule has 0 spiro atoms. The second-order valence-electron chi connectivity index (χ2n) is 6.16. The Labute approximate surface area is 138 Å². The fraction of sp³-hybridized carbons (Fsp3) is 0.450. The molecule has 1 N–H and O–H groups in total. The molecule has 0 saturated carbocycles. The van der Waals surface area contributed by atoms with Gasteiger partial charge in [0.2, 0.25) is 0 Å². The molecular weight excluding hydrogens is 288 g/mol. The number of rotatable bonds is 9. The van der Waals surface area contributed by atoms with Crippen LogP contribution in [-0.2, 0) is 0 Å². The summed E-state index contributed by atoms with van der Waals surface area (Å²) in [6.07, 6.45) is 7.65. The molecule has 23 heavy (non-hydrogen) atoms. The zero-order valence-corrected chi connectivity index (χ0v) is 14.0. The summed E-state index contributed by atoms with van der Waals surface area (Å²) in [5.74, 6) is -0.0504. The number of aromatic carboxylic acids is 1. The van der Waals surface area contributed by atoms with Gasteiger partial charge in [0.1, 0.15) is 5.75 Å². The van der Waals surface area contributed by atoms with E-state index in [1.807, 2.05) is 24.3 Å². The lowest BCUT2D eigenvalue weighted by Crippen LogP contribution is -2.11. The van der Waals surface area contributed by atoms with Crippen molar-refractivity contribution < 1.29 is 14.6 Å². The van der Waals surface area contributed by atoms with Gasteiger partial charge in [-0.3, -0.25) is 0 Å². The van der Waals surface area contributed by atoms with E-state index in [1.54, 1.807) is 12.1 Å². The molecular formula is C20H26O3. The van der Waals surface area contributed by atoms with Crippen LogP contribution in [0.1, 0.15) is 62.7 Å². The number of carboxylic acids is 1. The van der Waals surface area contributed by atoms with E-state index in [0.717, 1.165) is 22.9 Å². The minimum atomic E-state index is -0.899. The van der Waals surface area contributed by atoms with Crippen LogP contribution in [0.2, 0.25) is 0 Å². The third-order valence-electron chi connectivity index (χ3n) is 4.11. The molecule has 2 aromatic carbocycles. The summed E-state index contributed by atoms with van der Waals surface area (Å²) in [6, 6.07) is 11.0. The Kier molecular flexibility index (Phi) is 6.45. The van der Waals surface area contributed by atoms with Crippen LogP contribution in [0.3, 0.4) is 0 Å². The molecule has 0 bridgehead atoms. The van der Waals surface area contributed by atoms with Gasteiger partial charge in [0.15, 0.2) is 0 Å². The van der Waals surface area contributed by atoms with Crippen molar-refractivity contribution in [1.82, 2.24) is 0 Å². The van der Waals surface area contributed by atoms with Crippen molar-refractivity contribution in [1.29, 1.82) is 0 Å². The molecule has 0 aromatic heterocycles. The number of hydrogen-bond acceptors (Lipinski definition) is 2. The Hall–Kier alpha value is -2.03. The molecule has 0 radical (unpaired) electrons. The van der Waals surface area contributed by atoms with E-state index in [2.05, 4.69) is 13.8 Å². The Balaban J connectivity index is 1.92. The third-order valence-corrected chi connectivity index (χ3v) is 4.11. The van der Waals surface area contributed by atoms with Crippen LogP contribution in [0, 0.1) is 0 Å². The third kappa shape index (κ3) is 5.27. The number of fused-ring (bicyclic) bond motifs is 1. The van der Waals surface area contributed by atoms with Crippen LogP contribution in [0.5, 0.6) is 5.75 Å². The number of unbranched alkanes of at least 4 members (excludes halogenated alkanes) is 4. The molecule has 0 aliphatic heterocycles. The standard InChI is InChI=1S/C20H26O3/c1-3-4-5-6-7-8-15(2)23-19-12-11-16-13-18(20(21)22)10-9-17(16)14-19/h9-15H,3-8H2,1-2H3,(H,21,22). The van der Waals surface area contributed by atoms with E-state index >= 15 is 0 Å². The first kappa shape index (κ1) is 17.3. The summed E-state index contributed by atoms with van der Waals surface area (Å²) in [5, 5.41) is 11.0. The van der Waals surface area contributed by atoms with Crippen molar-refractivity contribution in [2.45, 2.75) is 58.5 Å². The van der Waals surface area contributed by atoms with Gasteiger partial charge in [0, 0.05) is 0 Å². The molecule has 1 atom stereocenters. The quantitative estimate of drug-likeness (QED) is 0.607. The van der Waals surface area contributed by atoms with E-state index in [4.69, 9.17) is 9.84 Å². The summed E-state index contributed by atoms with van der Waals surface area (Å²) >= 11 is 0. The zero-order chi connectivity index (χ0) is 16.7. The van der Waals surface area contributed by atoms with E-state index < -0.39 is 5.97 Å². The van der Waals surface area contributed by atoms with Crippen LogP contribution < -0.4 is 4.74 Å². The molecule has 3 heteroatoms. The topological polar surface area (TPSA) is 46.5 Å². The van der Waals surface area contributed by atoms with Gasteiger partial charge >= 0.3 is 5.97 Å². The lowest BCUT2D eigenvalue weighted by molar-refractivity contribution is 0.0697. The molecule has 124 valence electrons. The van der Waals surface area contributed by atoms with Gasteiger partial charge in [-0.2, -0.15) is 0 Å². The SMILES string of the molecule is CCCCCCCC(C)Oc1ccc2cc(C(=O)O)ccc2c1. The van der Waals surface area contributed by atoms with E-state index in [9.17, 15) is 4.79 Å². The second-order valence-corrected chi connectivity index (χ2v) is 6.16. The van der Waals surface area contributed by atoms with E-state index in [0.29, 0.717) is 5.56 Å². The fourth-order valence-electron chi connectivity index (χ4n) is 2.76. The summed E-state index contributed by atoms with van der Waals surface area (Å²) in [4.78, 5) is 11.0. The van der Waals surface area contributed by atoms with Gasteiger partial charge in [-0.15, -0.1) is 0 Å². The molecule has 0 amide bonds. The number of benzene rings is 2. The Morgan fingerprint density at radius 1 is 1.04 bits per heavy atom. The lowest BCUT2D eigenvalue weighted by Gasteiger charge is -2.15. The largest absolute Gasteiger partial charge is 0.491 e. The molecule has 0 aliphatic rings. The number of carbonyl (C=O) groups is 1. The van der Waals surface area contributed by atoms with Crippen molar-refractivity contribution >= 4 is 16.7 Å². The van der Waals surface area contributed by atoms with Crippen molar-refractivity contribution in [3.63, 3.8) is 0 Å². The van der Waals surface area contributed by atoms with Crippen LogP contribution >= 0.6 is 0 Å². The van der Waals surface area contributed by atoms with Gasteiger partial charge in [0.25, 0.3) is 0 Å². The monoisotopic (exact) mass is 314 g/mol. The molecule has 0 heterocycles.